The highest BCUT2D eigenvalue weighted by molar-refractivity contribution is 5.34. The van der Waals surface area contributed by atoms with Gasteiger partial charge in [-0.05, 0) is 25.0 Å². The van der Waals surface area contributed by atoms with Gasteiger partial charge >= 0.3 is 0 Å². The molecule has 0 aliphatic carbocycles. The van der Waals surface area contributed by atoms with Crippen LogP contribution < -0.4 is 5.32 Å². The predicted molar refractivity (Wildman–Crippen MR) is 67.5 cm³/mol. The lowest BCUT2D eigenvalue weighted by Gasteiger charge is -2.31. The van der Waals surface area contributed by atoms with Gasteiger partial charge < -0.3 is 5.32 Å². The van der Waals surface area contributed by atoms with Gasteiger partial charge in [0.2, 0.25) is 0 Å². The van der Waals surface area contributed by atoms with Crippen molar-refractivity contribution in [3.05, 3.63) is 37.1 Å². The van der Waals surface area contributed by atoms with Gasteiger partial charge in [-0.2, -0.15) is 0 Å². The minimum atomic E-state index is 0.566. The quantitative estimate of drug-likeness (QED) is 0.783. The topological polar surface area (TPSA) is 28.2 Å². The van der Waals surface area contributed by atoms with Crippen molar-refractivity contribution in [2.45, 2.75) is 18.9 Å². The number of rotatable bonds is 4. The molecule has 1 aromatic rings. The van der Waals surface area contributed by atoms with E-state index < -0.39 is 0 Å². The Balaban J connectivity index is 1.79. The Morgan fingerprint density at radius 2 is 2.25 bits per heavy atom. The highest BCUT2D eigenvalue weighted by atomic mass is 15.1. The third-order valence-electron chi connectivity index (χ3n) is 2.99. The number of piperidine rings is 1. The third-order valence-corrected chi connectivity index (χ3v) is 2.99. The summed E-state index contributed by atoms with van der Waals surface area (Å²) < 4.78 is 0. The highest BCUT2D eigenvalue weighted by Crippen LogP contribution is 2.14. The number of aromatic nitrogens is 1. The van der Waals surface area contributed by atoms with Crippen molar-refractivity contribution in [1.82, 2.24) is 9.88 Å². The van der Waals surface area contributed by atoms with Crippen molar-refractivity contribution in [1.29, 1.82) is 0 Å². The molecule has 16 heavy (non-hydrogen) atoms. The average molecular weight is 217 g/mol. The molecule has 1 N–H and O–H groups in total. The molecule has 0 unspecified atom stereocenters. The van der Waals surface area contributed by atoms with Crippen molar-refractivity contribution < 1.29 is 0 Å². The second kappa shape index (κ2) is 5.66. The zero-order valence-corrected chi connectivity index (χ0v) is 9.60. The fourth-order valence-electron chi connectivity index (χ4n) is 2.10. The molecule has 1 fully saturated rings. The first-order valence-electron chi connectivity index (χ1n) is 5.89. The molecule has 3 heteroatoms. The van der Waals surface area contributed by atoms with Crippen molar-refractivity contribution in [2.75, 3.05) is 25.0 Å². The van der Waals surface area contributed by atoms with E-state index in [0.29, 0.717) is 6.04 Å². The molecular weight excluding hydrogens is 198 g/mol. The van der Waals surface area contributed by atoms with E-state index in [-0.39, 0.29) is 0 Å². The Bertz CT molecular complexity index is 315. The lowest BCUT2D eigenvalue weighted by atomic mass is 10.1. The maximum Gasteiger partial charge on any atom is 0.126 e. The van der Waals surface area contributed by atoms with Gasteiger partial charge in [-0.3, -0.25) is 4.90 Å². The number of hydrogen-bond acceptors (Lipinski definition) is 3. The second-order valence-electron chi connectivity index (χ2n) is 4.22. The minimum Gasteiger partial charge on any atom is -0.367 e. The van der Waals surface area contributed by atoms with Crippen molar-refractivity contribution in [2.24, 2.45) is 0 Å². The van der Waals surface area contributed by atoms with E-state index in [1.54, 1.807) is 0 Å². The predicted octanol–water partition coefficient (Wildman–Crippen LogP) is 2.14. The maximum atomic E-state index is 4.29. The summed E-state index contributed by atoms with van der Waals surface area (Å²) in [5.74, 6) is 0.990. The van der Waals surface area contributed by atoms with Gasteiger partial charge in [-0.25, -0.2) is 4.98 Å². The molecule has 0 aromatic carbocycles. The number of hydrogen-bond donors (Lipinski definition) is 1. The van der Waals surface area contributed by atoms with E-state index in [9.17, 15) is 0 Å². The SMILES string of the molecule is C=CCN1CCC(Nc2ccccn2)CC1. The molecule has 0 atom stereocenters. The number of anilines is 1. The lowest BCUT2D eigenvalue weighted by Crippen LogP contribution is -2.39. The fraction of sp³-hybridized carbons (Fsp3) is 0.462. The smallest absolute Gasteiger partial charge is 0.126 e. The van der Waals surface area contributed by atoms with E-state index >= 15 is 0 Å². The van der Waals surface area contributed by atoms with Gasteiger partial charge in [0.05, 0.1) is 0 Å². The molecule has 1 saturated heterocycles. The molecule has 0 amide bonds. The van der Waals surface area contributed by atoms with Crippen LogP contribution in [-0.2, 0) is 0 Å². The molecular formula is C13H19N3. The van der Waals surface area contributed by atoms with Crippen LogP contribution in [0.4, 0.5) is 5.82 Å². The van der Waals surface area contributed by atoms with Crippen LogP contribution in [-0.4, -0.2) is 35.6 Å². The van der Waals surface area contributed by atoms with Crippen LogP contribution in [0.1, 0.15) is 12.8 Å². The van der Waals surface area contributed by atoms with Crippen molar-refractivity contribution in [3.63, 3.8) is 0 Å². The number of nitrogens with zero attached hydrogens (tertiary/aromatic N) is 2. The van der Waals surface area contributed by atoms with Gasteiger partial charge in [0.25, 0.3) is 0 Å². The van der Waals surface area contributed by atoms with Crippen molar-refractivity contribution >= 4 is 5.82 Å². The minimum absolute atomic E-state index is 0.566. The molecule has 1 aliphatic heterocycles. The number of likely N-dealkylation sites (tertiary alicyclic amines) is 1. The van der Waals surface area contributed by atoms with E-state index in [2.05, 4.69) is 21.8 Å². The van der Waals surface area contributed by atoms with E-state index in [0.717, 1.165) is 25.5 Å². The van der Waals surface area contributed by atoms with Crippen LogP contribution in [0.3, 0.4) is 0 Å². The zero-order valence-electron chi connectivity index (χ0n) is 9.60. The van der Waals surface area contributed by atoms with Gasteiger partial charge in [-0.1, -0.05) is 12.1 Å². The Kier molecular flexibility index (Phi) is 3.94. The molecule has 0 spiro atoms. The largest absolute Gasteiger partial charge is 0.367 e. The monoisotopic (exact) mass is 217 g/mol. The highest BCUT2D eigenvalue weighted by Gasteiger charge is 2.17. The lowest BCUT2D eigenvalue weighted by molar-refractivity contribution is 0.240. The van der Waals surface area contributed by atoms with Crippen LogP contribution in [0.5, 0.6) is 0 Å². The normalized spacial score (nSPS) is 18.2. The molecule has 0 radical (unpaired) electrons. The first-order chi connectivity index (χ1) is 7.88. The molecule has 1 aliphatic rings. The fourth-order valence-corrected chi connectivity index (χ4v) is 2.10. The van der Waals surface area contributed by atoms with Crippen LogP contribution in [0.15, 0.2) is 37.1 Å². The standard InChI is InChI=1S/C13H19N3/c1-2-9-16-10-6-12(7-11-16)15-13-5-3-4-8-14-13/h2-5,8,12H,1,6-7,9-11H2,(H,14,15). The third kappa shape index (κ3) is 3.07. The van der Waals surface area contributed by atoms with E-state index in [1.165, 1.54) is 12.8 Å². The maximum absolute atomic E-state index is 4.29. The molecule has 1 aromatic heterocycles. The van der Waals surface area contributed by atoms with Crippen molar-refractivity contribution in [3.8, 4) is 0 Å². The molecule has 2 heterocycles. The van der Waals surface area contributed by atoms with Gasteiger partial charge in [0.1, 0.15) is 5.82 Å². The van der Waals surface area contributed by atoms with Crippen LogP contribution in [0, 0.1) is 0 Å². The molecule has 86 valence electrons. The summed E-state index contributed by atoms with van der Waals surface area (Å²) in [5, 5.41) is 3.48. The second-order valence-corrected chi connectivity index (χ2v) is 4.22. The molecule has 0 bridgehead atoms. The average Bonchev–Trinajstić information content (AvgIpc) is 2.33. The van der Waals surface area contributed by atoms with Crippen LogP contribution in [0.2, 0.25) is 0 Å². The van der Waals surface area contributed by atoms with Crippen LogP contribution >= 0.6 is 0 Å². The first-order valence-corrected chi connectivity index (χ1v) is 5.89. The summed E-state index contributed by atoms with van der Waals surface area (Å²) >= 11 is 0. The van der Waals surface area contributed by atoms with E-state index in [1.807, 2.05) is 30.5 Å². The summed E-state index contributed by atoms with van der Waals surface area (Å²) in [6.07, 6.45) is 6.18. The van der Waals surface area contributed by atoms with Gasteiger partial charge in [-0.15, -0.1) is 6.58 Å². The molecule has 0 saturated carbocycles. The Labute approximate surface area is 97.2 Å². The molecule has 3 nitrogen and oxygen atoms in total. The first kappa shape index (κ1) is 11.1. The van der Waals surface area contributed by atoms with Gasteiger partial charge in [0, 0.05) is 31.9 Å². The Morgan fingerprint density at radius 3 is 2.88 bits per heavy atom. The number of nitrogens with one attached hydrogen (secondary N) is 1. The van der Waals surface area contributed by atoms with E-state index in [4.69, 9.17) is 0 Å². The summed E-state index contributed by atoms with van der Waals surface area (Å²) in [5.41, 5.74) is 0. The summed E-state index contributed by atoms with van der Waals surface area (Å²) in [4.78, 5) is 6.72. The summed E-state index contributed by atoms with van der Waals surface area (Å²) in [6, 6.07) is 6.55. The van der Waals surface area contributed by atoms with Gasteiger partial charge in [0.15, 0.2) is 0 Å². The number of pyridine rings is 1. The zero-order chi connectivity index (χ0) is 11.2. The summed E-state index contributed by atoms with van der Waals surface area (Å²) in [7, 11) is 0. The van der Waals surface area contributed by atoms with Crippen LogP contribution in [0.25, 0.3) is 0 Å². The Morgan fingerprint density at radius 1 is 1.44 bits per heavy atom. The molecule has 2 rings (SSSR count). The summed E-state index contributed by atoms with van der Waals surface area (Å²) in [6.45, 7) is 7.08. The Hall–Kier alpha value is -1.35.